The lowest BCUT2D eigenvalue weighted by Gasteiger charge is -1.89. The molecule has 1 rings (SSSR count). The molecule has 0 aromatic rings. The maximum atomic E-state index is 2.30. The molecule has 0 heteroatoms. The first-order valence-corrected chi connectivity index (χ1v) is 5.13. The van der Waals surface area contributed by atoms with Crippen molar-refractivity contribution in [3.63, 3.8) is 0 Å². The normalized spacial score (nSPS) is 28.9. The minimum absolute atomic E-state index is 1.16. The van der Waals surface area contributed by atoms with E-state index >= 15 is 0 Å². The lowest BCUT2D eigenvalue weighted by molar-refractivity contribution is 0.863. The van der Waals surface area contributed by atoms with Crippen LogP contribution in [0.4, 0.5) is 0 Å². The Bertz CT molecular complexity index is 216. The lowest BCUT2D eigenvalue weighted by atomic mass is 10.2. The first kappa shape index (κ1) is 10.0. The highest BCUT2D eigenvalue weighted by molar-refractivity contribution is 5.11. The van der Waals surface area contributed by atoms with Crippen LogP contribution in [0.15, 0.2) is 48.6 Å². The summed E-state index contributed by atoms with van der Waals surface area (Å²) in [5.41, 5.74) is 0. The van der Waals surface area contributed by atoms with Gasteiger partial charge in [0.05, 0.1) is 0 Å². The van der Waals surface area contributed by atoms with Crippen LogP contribution < -0.4 is 0 Å². The van der Waals surface area contributed by atoms with Crippen LogP contribution in [-0.2, 0) is 0 Å². The molecule has 0 bridgehead atoms. The van der Waals surface area contributed by atoms with Gasteiger partial charge in [-0.3, -0.25) is 0 Å². The first-order chi connectivity index (χ1) is 6.50. The summed E-state index contributed by atoms with van der Waals surface area (Å²) in [6.07, 6.45) is 23.5. The third-order valence-corrected chi connectivity index (χ3v) is 2.01. The molecule has 1 aliphatic carbocycles. The zero-order valence-corrected chi connectivity index (χ0v) is 8.15. The number of hydrogen-bond donors (Lipinski definition) is 0. The molecule has 0 aromatic carbocycles. The van der Waals surface area contributed by atoms with Gasteiger partial charge in [-0.2, -0.15) is 0 Å². The summed E-state index contributed by atoms with van der Waals surface area (Å²) >= 11 is 0. The molecule has 0 fully saturated rings. The second-order valence-corrected chi connectivity index (χ2v) is 3.22. The number of rotatable bonds is 0. The van der Waals surface area contributed by atoms with Crippen LogP contribution in [0.5, 0.6) is 0 Å². The zero-order valence-electron chi connectivity index (χ0n) is 8.15. The predicted molar refractivity (Wildman–Crippen MR) is 59.6 cm³/mol. The van der Waals surface area contributed by atoms with Gasteiger partial charge in [0.1, 0.15) is 0 Å². The van der Waals surface area contributed by atoms with Gasteiger partial charge in [0, 0.05) is 0 Å². The van der Waals surface area contributed by atoms with Crippen LogP contribution in [0.25, 0.3) is 0 Å². The molecule has 0 amide bonds. The van der Waals surface area contributed by atoms with Crippen molar-refractivity contribution in [2.45, 2.75) is 32.1 Å². The summed E-state index contributed by atoms with van der Waals surface area (Å²) in [5.74, 6) is 0. The van der Waals surface area contributed by atoms with E-state index in [0.29, 0.717) is 0 Å². The largest absolute Gasteiger partial charge is 0.0885 e. The maximum Gasteiger partial charge on any atom is -0.0313 e. The summed E-state index contributed by atoms with van der Waals surface area (Å²) in [6.45, 7) is 0. The highest BCUT2D eigenvalue weighted by atomic mass is 13.9. The van der Waals surface area contributed by atoms with Crippen LogP contribution in [0, 0.1) is 0 Å². The van der Waals surface area contributed by atoms with E-state index in [-0.39, 0.29) is 0 Å². The van der Waals surface area contributed by atoms with E-state index in [4.69, 9.17) is 0 Å². The van der Waals surface area contributed by atoms with Gasteiger partial charge in [0.15, 0.2) is 0 Å². The molecule has 0 N–H and O–H groups in total. The summed E-state index contributed by atoms with van der Waals surface area (Å²) in [5, 5.41) is 0. The van der Waals surface area contributed by atoms with E-state index < -0.39 is 0 Å². The van der Waals surface area contributed by atoms with Crippen molar-refractivity contribution < 1.29 is 0 Å². The monoisotopic (exact) mass is 174 g/mol. The van der Waals surface area contributed by atoms with E-state index in [1.165, 1.54) is 25.7 Å². The van der Waals surface area contributed by atoms with Crippen molar-refractivity contribution in [1.29, 1.82) is 0 Å². The summed E-state index contributed by atoms with van der Waals surface area (Å²) in [7, 11) is 0. The molecule has 0 nitrogen and oxygen atoms in total. The summed E-state index contributed by atoms with van der Waals surface area (Å²) in [4.78, 5) is 0. The van der Waals surface area contributed by atoms with Crippen molar-refractivity contribution in [2.75, 3.05) is 0 Å². The second kappa shape index (κ2) is 7.60. The van der Waals surface area contributed by atoms with Crippen molar-refractivity contribution in [3.05, 3.63) is 48.6 Å². The molecule has 0 atom stereocenters. The minimum atomic E-state index is 1.16. The van der Waals surface area contributed by atoms with E-state index in [0.717, 1.165) is 6.42 Å². The van der Waals surface area contributed by atoms with Crippen molar-refractivity contribution in [1.82, 2.24) is 0 Å². The van der Waals surface area contributed by atoms with Gasteiger partial charge in [-0.25, -0.2) is 0 Å². The van der Waals surface area contributed by atoms with E-state index in [9.17, 15) is 0 Å². The number of hydrogen-bond acceptors (Lipinski definition) is 0. The third-order valence-electron chi connectivity index (χ3n) is 2.01. The van der Waals surface area contributed by atoms with Crippen LogP contribution in [0.2, 0.25) is 0 Å². The van der Waals surface area contributed by atoms with Crippen LogP contribution in [-0.4, -0.2) is 0 Å². The molecule has 0 unspecified atom stereocenters. The second-order valence-electron chi connectivity index (χ2n) is 3.22. The molecule has 0 heterocycles. The molecule has 70 valence electrons. The minimum Gasteiger partial charge on any atom is -0.0885 e. The van der Waals surface area contributed by atoms with E-state index in [1.54, 1.807) is 0 Å². The average molecular weight is 174 g/mol. The Morgan fingerprint density at radius 2 is 1.00 bits per heavy atom. The zero-order chi connectivity index (χ0) is 9.19. The third kappa shape index (κ3) is 6.15. The van der Waals surface area contributed by atoms with Crippen LogP contribution >= 0.6 is 0 Å². The Morgan fingerprint density at radius 3 is 1.85 bits per heavy atom. The standard InChI is InChI=1S/C13H18/c1-2-4-6-8-10-12-13-11-9-7-5-3-1/h1-6,11,13H,7-10,12H2/b2-1-,5-3+,6-4+,13-11-. The number of allylic oxidation sites excluding steroid dienone is 8. The van der Waals surface area contributed by atoms with Crippen molar-refractivity contribution in [2.24, 2.45) is 0 Å². The highest BCUT2D eigenvalue weighted by Crippen LogP contribution is 2.01. The molecular formula is C13H18. The molecule has 0 aromatic heterocycles. The fourth-order valence-corrected chi connectivity index (χ4v) is 1.26. The van der Waals surface area contributed by atoms with Crippen LogP contribution in [0.3, 0.4) is 0 Å². The van der Waals surface area contributed by atoms with Gasteiger partial charge in [0.25, 0.3) is 0 Å². The predicted octanol–water partition coefficient (Wildman–Crippen LogP) is 4.18. The molecule has 0 saturated heterocycles. The molecular weight excluding hydrogens is 156 g/mol. The molecule has 0 spiro atoms. The molecule has 13 heavy (non-hydrogen) atoms. The van der Waals surface area contributed by atoms with Gasteiger partial charge in [0.2, 0.25) is 0 Å². The van der Waals surface area contributed by atoms with Gasteiger partial charge < -0.3 is 0 Å². The van der Waals surface area contributed by atoms with Crippen LogP contribution in [0.1, 0.15) is 32.1 Å². The first-order valence-electron chi connectivity index (χ1n) is 5.13. The Labute approximate surface area is 81.4 Å². The molecule has 0 aliphatic heterocycles. The Kier molecular flexibility index (Phi) is 5.87. The molecule has 0 saturated carbocycles. The summed E-state index contributed by atoms with van der Waals surface area (Å²) < 4.78 is 0. The van der Waals surface area contributed by atoms with E-state index in [1.807, 2.05) is 0 Å². The van der Waals surface area contributed by atoms with Crippen molar-refractivity contribution >= 4 is 0 Å². The quantitative estimate of drug-likeness (QED) is 0.483. The fraction of sp³-hybridized carbons (Fsp3) is 0.385. The van der Waals surface area contributed by atoms with Gasteiger partial charge >= 0.3 is 0 Å². The SMILES string of the molecule is C1=C\C=C\CCC/C=C\CC/C=C/1. The Morgan fingerprint density at radius 1 is 0.462 bits per heavy atom. The van der Waals surface area contributed by atoms with E-state index in [2.05, 4.69) is 48.6 Å². The smallest absolute Gasteiger partial charge is 0.0313 e. The Balaban J connectivity index is 2.38. The van der Waals surface area contributed by atoms with Crippen molar-refractivity contribution in [3.8, 4) is 0 Å². The van der Waals surface area contributed by atoms with Gasteiger partial charge in [-0.1, -0.05) is 48.6 Å². The topological polar surface area (TPSA) is 0 Å². The van der Waals surface area contributed by atoms with Gasteiger partial charge in [-0.15, -0.1) is 0 Å². The lowest BCUT2D eigenvalue weighted by Crippen LogP contribution is -1.69. The maximum absolute atomic E-state index is 2.30. The fourth-order valence-electron chi connectivity index (χ4n) is 1.26. The Hall–Kier alpha value is -1.04. The molecule has 1 aliphatic rings. The van der Waals surface area contributed by atoms with Gasteiger partial charge in [-0.05, 0) is 32.1 Å². The molecule has 0 radical (unpaired) electrons. The summed E-state index contributed by atoms with van der Waals surface area (Å²) in [6, 6.07) is 0. The average Bonchev–Trinajstić information content (AvgIpc) is 2.18. The highest BCUT2D eigenvalue weighted by Gasteiger charge is 1.81.